The predicted octanol–water partition coefficient (Wildman–Crippen LogP) is 2.52. The molecule has 1 N–H and O–H groups in total. The van der Waals surface area contributed by atoms with E-state index in [1.165, 1.54) is 0 Å². The third-order valence-electron chi connectivity index (χ3n) is 2.81. The lowest BCUT2D eigenvalue weighted by molar-refractivity contribution is -0.136. The van der Waals surface area contributed by atoms with Gasteiger partial charge >= 0.3 is 5.97 Å². The van der Waals surface area contributed by atoms with Gasteiger partial charge in [-0.1, -0.05) is 17.7 Å². The minimum Gasteiger partial charge on any atom is -0.486 e. The lowest BCUT2D eigenvalue weighted by Gasteiger charge is -2.13. The highest BCUT2D eigenvalue weighted by atomic mass is 35.5. The molecular formula is C13H15ClO4. The molecule has 1 atom stereocenters. The van der Waals surface area contributed by atoms with E-state index >= 15 is 0 Å². The highest BCUT2D eigenvalue weighted by Gasteiger charge is 2.18. The minimum absolute atomic E-state index is 0.0624. The summed E-state index contributed by atoms with van der Waals surface area (Å²) < 4.78 is 10.9. The van der Waals surface area contributed by atoms with Crippen LogP contribution in [0.5, 0.6) is 5.75 Å². The van der Waals surface area contributed by atoms with Crippen LogP contribution in [0.25, 0.3) is 0 Å². The SMILES string of the molecule is O=C(O)CCc1ccc(OC2CCOC2)c(Cl)c1. The molecule has 0 amide bonds. The van der Waals surface area contributed by atoms with Crippen molar-refractivity contribution in [3.05, 3.63) is 28.8 Å². The van der Waals surface area contributed by atoms with Gasteiger partial charge in [-0.2, -0.15) is 0 Å². The second-order valence-corrected chi connectivity index (χ2v) is 4.67. The van der Waals surface area contributed by atoms with Crippen LogP contribution in [0, 0.1) is 0 Å². The summed E-state index contributed by atoms with van der Waals surface area (Å²) in [4.78, 5) is 10.5. The van der Waals surface area contributed by atoms with Crippen LogP contribution in [0.4, 0.5) is 0 Å². The van der Waals surface area contributed by atoms with E-state index in [0.29, 0.717) is 23.8 Å². The zero-order valence-corrected chi connectivity index (χ0v) is 10.7. The maximum absolute atomic E-state index is 10.5. The molecule has 0 aromatic heterocycles. The fourth-order valence-electron chi connectivity index (χ4n) is 1.83. The monoisotopic (exact) mass is 270 g/mol. The van der Waals surface area contributed by atoms with Crippen molar-refractivity contribution in [1.29, 1.82) is 0 Å². The topological polar surface area (TPSA) is 55.8 Å². The van der Waals surface area contributed by atoms with Gasteiger partial charge in [-0.15, -0.1) is 0 Å². The first kappa shape index (κ1) is 13.2. The summed E-state index contributed by atoms with van der Waals surface area (Å²) in [6.45, 7) is 1.32. The Labute approximate surface area is 110 Å². The molecule has 1 aromatic rings. The van der Waals surface area contributed by atoms with Crippen molar-refractivity contribution in [1.82, 2.24) is 0 Å². The molecule has 1 aliphatic rings. The molecule has 4 nitrogen and oxygen atoms in total. The molecule has 0 bridgehead atoms. The summed E-state index contributed by atoms with van der Waals surface area (Å²) >= 11 is 6.11. The zero-order valence-electron chi connectivity index (χ0n) is 9.89. The average Bonchev–Trinajstić information content (AvgIpc) is 2.82. The number of ether oxygens (including phenoxy) is 2. The predicted molar refractivity (Wildman–Crippen MR) is 67.3 cm³/mol. The second-order valence-electron chi connectivity index (χ2n) is 4.26. The van der Waals surface area contributed by atoms with Crippen molar-refractivity contribution >= 4 is 17.6 Å². The number of hydrogen-bond donors (Lipinski definition) is 1. The van der Waals surface area contributed by atoms with Crippen LogP contribution in [0.15, 0.2) is 18.2 Å². The van der Waals surface area contributed by atoms with Crippen molar-refractivity contribution in [2.45, 2.75) is 25.4 Å². The summed E-state index contributed by atoms with van der Waals surface area (Å²) in [6, 6.07) is 5.40. The fourth-order valence-corrected chi connectivity index (χ4v) is 2.08. The summed E-state index contributed by atoms with van der Waals surface area (Å²) in [7, 11) is 0. The third-order valence-corrected chi connectivity index (χ3v) is 3.10. The van der Waals surface area contributed by atoms with Gasteiger partial charge in [0.25, 0.3) is 0 Å². The quantitative estimate of drug-likeness (QED) is 0.893. The van der Waals surface area contributed by atoms with Crippen molar-refractivity contribution in [3.8, 4) is 5.75 Å². The van der Waals surface area contributed by atoms with E-state index in [0.717, 1.165) is 18.6 Å². The van der Waals surface area contributed by atoms with E-state index in [9.17, 15) is 4.79 Å². The maximum Gasteiger partial charge on any atom is 0.303 e. The van der Waals surface area contributed by atoms with Gasteiger partial charge in [0.15, 0.2) is 0 Å². The molecule has 1 fully saturated rings. The third kappa shape index (κ3) is 3.62. The molecule has 1 unspecified atom stereocenters. The van der Waals surface area contributed by atoms with Crippen molar-refractivity contribution in [2.24, 2.45) is 0 Å². The van der Waals surface area contributed by atoms with Crippen LogP contribution in [0.2, 0.25) is 5.02 Å². The van der Waals surface area contributed by atoms with E-state index in [1.54, 1.807) is 12.1 Å². The molecule has 1 aromatic carbocycles. The van der Waals surface area contributed by atoms with Crippen LogP contribution < -0.4 is 4.74 Å². The first-order valence-electron chi connectivity index (χ1n) is 5.90. The van der Waals surface area contributed by atoms with Gasteiger partial charge in [0, 0.05) is 12.8 Å². The number of hydrogen-bond acceptors (Lipinski definition) is 3. The molecule has 2 rings (SSSR count). The molecule has 0 saturated carbocycles. The minimum atomic E-state index is -0.811. The summed E-state index contributed by atoms with van der Waals surface area (Å²) in [5, 5.41) is 9.14. The number of rotatable bonds is 5. The van der Waals surface area contributed by atoms with Crippen LogP contribution >= 0.6 is 11.6 Å². The molecular weight excluding hydrogens is 256 g/mol. The lowest BCUT2D eigenvalue weighted by Crippen LogP contribution is -2.15. The van der Waals surface area contributed by atoms with E-state index in [-0.39, 0.29) is 12.5 Å². The number of halogens is 1. The van der Waals surface area contributed by atoms with Crippen molar-refractivity contribution in [3.63, 3.8) is 0 Å². The summed E-state index contributed by atoms with van der Waals surface area (Å²) in [5.41, 5.74) is 0.900. The molecule has 1 saturated heterocycles. The Bertz CT molecular complexity index is 427. The second kappa shape index (κ2) is 6.07. The van der Waals surface area contributed by atoms with E-state index in [1.807, 2.05) is 6.07 Å². The van der Waals surface area contributed by atoms with E-state index in [2.05, 4.69) is 0 Å². The van der Waals surface area contributed by atoms with Gasteiger partial charge in [-0.25, -0.2) is 0 Å². The van der Waals surface area contributed by atoms with Crippen molar-refractivity contribution < 1.29 is 19.4 Å². The van der Waals surface area contributed by atoms with Gasteiger partial charge in [-0.3, -0.25) is 4.79 Å². The zero-order chi connectivity index (χ0) is 13.0. The fraction of sp³-hybridized carbons (Fsp3) is 0.462. The number of carboxylic acid groups (broad SMARTS) is 1. The number of carboxylic acids is 1. The Morgan fingerprint density at radius 2 is 2.39 bits per heavy atom. The van der Waals surface area contributed by atoms with Gasteiger partial charge in [0.05, 0.1) is 18.2 Å². The van der Waals surface area contributed by atoms with E-state index < -0.39 is 5.97 Å². The Hall–Kier alpha value is -1.26. The molecule has 0 spiro atoms. The first-order chi connectivity index (χ1) is 8.65. The summed E-state index contributed by atoms with van der Waals surface area (Å²) in [5.74, 6) is -0.180. The standard InChI is InChI=1S/C13H15ClO4/c14-11-7-9(2-4-13(15)16)1-3-12(11)18-10-5-6-17-8-10/h1,3,7,10H,2,4-6,8H2,(H,15,16). The van der Waals surface area contributed by atoms with Gasteiger partial charge in [0.2, 0.25) is 0 Å². The van der Waals surface area contributed by atoms with Crippen molar-refractivity contribution in [2.75, 3.05) is 13.2 Å². The normalized spacial score (nSPS) is 18.8. The summed E-state index contributed by atoms with van der Waals surface area (Å²) in [6.07, 6.45) is 1.51. The molecule has 5 heteroatoms. The number of aryl methyl sites for hydroxylation is 1. The average molecular weight is 271 g/mol. The largest absolute Gasteiger partial charge is 0.486 e. The van der Waals surface area contributed by atoms with Gasteiger partial charge < -0.3 is 14.6 Å². The van der Waals surface area contributed by atoms with E-state index in [4.69, 9.17) is 26.2 Å². The Morgan fingerprint density at radius 3 is 3.00 bits per heavy atom. The number of carbonyl (C=O) groups is 1. The number of benzene rings is 1. The first-order valence-corrected chi connectivity index (χ1v) is 6.27. The Balaban J connectivity index is 1.97. The molecule has 1 heterocycles. The molecule has 0 aliphatic carbocycles. The molecule has 98 valence electrons. The molecule has 18 heavy (non-hydrogen) atoms. The number of aliphatic carboxylic acids is 1. The van der Waals surface area contributed by atoms with Crippen LogP contribution in [0.3, 0.4) is 0 Å². The van der Waals surface area contributed by atoms with Gasteiger partial charge in [-0.05, 0) is 24.1 Å². The van der Waals surface area contributed by atoms with Crippen LogP contribution in [-0.2, 0) is 16.0 Å². The highest BCUT2D eigenvalue weighted by Crippen LogP contribution is 2.28. The lowest BCUT2D eigenvalue weighted by atomic mass is 10.1. The van der Waals surface area contributed by atoms with Crippen LogP contribution in [0.1, 0.15) is 18.4 Å². The Kier molecular flexibility index (Phi) is 4.44. The smallest absolute Gasteiger partial charge is 0.303 e. The highest BCUT2D eigenvalue weighted by molar-refractivity contribution is 6.32. The molecule has 1 aliphatic heterocycles. The Morgan fingerprint density at radius 1 is 1.56 bits per heavy atom. The maximum atomic E-state index is 10.5. The van der Waals surface area contributed by atoms with Gasteiger partial charge in [0.1, 0.15) is 11.9 Å². The molecule has 0 radical (unpaired) electrons. The van der Waals surface area contributed by atoms with Crippen LogP contribution in [-0.4, -0.2) is 30.4 Å².